The number of carbonyl (C=O) groups is 1. The molecule has 0 spiro atoms. The number of fused-ring (bicyclic) bond motifs is 1. The van der Waals surface area contributed by atoms with Crippen LogP contribution >= 0.6 is 0 Å². The van der Waals surface area contributed by atoms with Crippen LogP contribution in [0.25, 0.3) is 0 Å². The molecular formula is C23H27N3O5. The number of benzene rings is 2. The molecule has 2 aliphatic heterocycles. The number of carbonyl (C=O) groups excluding carboxylic acids is 1. The lowest BCUT2D eigenvalue weighted by Crippen LogP contribution is -2.59. The molecule has 8 nitrogen and oxygen atoms in total. The molecule has 0 amide bonds. The van der Waals surface area contributed by atoms with Gasteiger partial charge < -0.3 is 25.1 Å². The van der Waals surface area contributed by atoms with Gasteiger partial charge in [-0.05, 0) is 48.2 Å². The summed E-state index contributed by atoms with van der Waals surface area (Å²) in [6, 6.07) is 12.1. The number of phenolic OH excluding ortho intramolecular Hbond substituents is 2. The Bertz CT molecular complexity index is 991. The van der Waals surface area contributed by atoms with Crippen molar-refractivity contribution >= 4 is 5.97 Å². The van der Waals surface area contributed by atoms with Gasteiger partial charge in [-0.1, -0.05) is 25.1 Å². The Balaban J connectivity index is 1.75. The van der Waals surface area contributed by atoms with E-state index in [-0.39, 0.29) is 35.5 Å². The molecule has 4 rings (SSSR count). The molecule has 2 heterocycles. The van der Waals surface area contributed by atoms with E-state index in [1.807, 2.05) is 29.3 Å². The van der Waals surface area contributed by atoms with Gasteiger partial charge >= 0.3 is 5.97 Å². The van der Waals surface area contributed by atoms with Crippen LogP contribution in [0.1, 0.15) is 37.1 Å². The van der Waals surface area contributed by atoms with Gasteiger partial charge in [0.25, 0.3) is 0 Å². The first-order valence-electron chi connectivity index (χ1n) is 10.3. The number of hydrazine groups is 1. The van der Waals surface area contributed by atoms with Crippen LogP contribution < -0.4 is 15.5 Å². The molecule has 8 heteroatoms. The lowest BCUT2D eigenvalue weighted by molar-refractivity contribution is -0.139. The van der Waals surface area contributed by atoms with Crippen LogP contribution in [0.2, 0.25) is 0 Å². The highest BCUT2D eigenvalue weighted by Crippen LogP contribution is 2.45. The van der Waals surface area contributed by atoms with Gasteiger partial charge in [-0.25, -0.2) is 4.79 Å². The Kier molecular flexibility index (Phi) is 5.75. The standard InChI is InChI=1S/C23H27N3O5/c1-4-31-23(29)17-12-24-26-21(14-5-8-16(27)9-6-14)13(2)20(25-22(17)26)15-7-10-18(28)19(11-15)30-3/h5-13,20-22,24-25,27-28H,4H2,1-3H3. The summed E-state index contributed by atoms with van der Waals surface area (Å²) in [4.78, 5) is 12.6. The van der Waals surface area contributed by atoms with Crippen molar-refractivity contribution in [2.45, 2.75) is 32.1 Å². The number of ether oxygens (including phenoxy) is 2. The molecule has 0 aromatic heterocycles. The molecule has 4 N–H and O–H groups in total. The quantitative estimate of drug-likeness (QED) is 0.543. The first kappa shape index (κ1) is 21.0. The van der Waals surface area contributed by atoms with Gasteiger partial charge in [-0.2, -0.15) is 5.01 Å². The zero-order chi connectivity index (χ0) is 22.1. The van der Waals surface area contributed by atoms with E-state index in [0.717, 1.165) is 11.1 Å². The van der Waals surface area contributed by atoms with Gasteiger partial charge in [0.1, 0.15) is 11.9 Å². The van der Waals surface area contributed by atoms with E-state index in [0.29, 0.717) is 17.9 Å². The summed E-state index contributed by atoms with van der Waals surface area (Å²) < 4.78 is 10.6. The average Bonchev–Trinajstić information content (AvgIpc) is 3.18. The molecular weight excluding hydrogens is 398 g/mol. The molecule has 0 bridgehead atoms. The van der Waals surface area contributed by atoms with E-state index >= 15 is 0 Å². The van der Waals surface area contributed by atoms with Crippen molar-refractivity contribution in [3.05, 3.63) is 65.4 Å². The number of nitrogens with zero attached hydrogens (tertiary/aromatic N) is 1. The molecule has 1 fully saturated rings. The van der Waals surface area contributed by atoms with Crippen molar-refractivity contribution in [3.63, 3.8) is 0 Å². The second kappa shape index (κ2) is 8.49. The third kappa shape index (κ3) is 3.80. The Hall–Kier alpha value is -3.23. The average molecular weight is 425 g/mol. The SMILES string of the molecule is CCOC(=O)C1=CNN2C1NC(c1ccc(O)c(OC)c1)C(C)C2c1ccc(O)cc1. The Labute approximate surface area is 181 Å². The first-order valence-corrected chi connectivity index (χ1v) is 10.3. The second-order valence-corrected chi connectivity index (χ2v) is 7.73. The number of phenols is 2. The molecule has 164 valence electrons. The van der Waals surface area contributed by atoms with Crippen molar-refractivity contribution in [1.82, 2.24) is 15.8 Å². The summed E-state index contributed by atoms with van der Waals surface area (Å²) in [7, 11) is 1.51. The number of nitrogens with one attached hydrogen (secondary N) is 2. The van der Waals surface area contributed by atoms with E-state index in [1.54, 1.807) is 31.3 Å². The molecule has 2 aromatic rings. The van der Waals surface area contributed by atoms with Crippen LogP contribution in [0.4, 0.5) is 0 Å². The highest BCUT2D eigenvalue weighted by molar-refractivity contribution is 5.90. The topological polar surface area (TPSA) is 103 Å². The van der Waals surface area contributed by atoms with Crippen molar-refractivity contribution in [2.24, 2.45) is 5.92 Å². The number of hydrogen-bond acceptors (Lipinski definition) is 8. The molecule has 31 heavy (non-hydrogen) atoms. The normalized spacial score (nSPS) is 25.3. The first-order chi connectivity index (χ1) is 14.9. The fourth-order valence-corrected chi connectivity index (χ4v) is 4.42. The largest absolute Gasteiger partial charge is 0.508 e. The van der Waals surface area contributed by atoms with Crippen molar-refractivity contribution in [1.29, 1.82) is 0 Å². The lowest BCUT2D eigenvalue weighted by Gasteiger charge is -2.47. The van der Waals surface area contributed by atoms with Crippen LogP contribution in [0.3, 0.4) is 0 Å². The number of esters is 1. The Morgan fingerprint density at radius 2 is 1.84 bits per heavy atom. The summed E-state index contributed by atoms with van der Waals surface area (Å²) in [5, 5.41) is 25.3. The molecule has 4 unspecified atom stereocenters. The predicted molar refractivity (Wildman–Crippen MR) is 114 cm³/mol. The highest BCUT2D eigenvalue weighted by atomic mass is 16.5. The van der Waals surface area contributed by atoms with Crippen molar-refractivity contribution in [3.8, 4) is 17.2 Å². The fraction of sp³-hybridized carbons (Fsp3) is 0.348. The molecule has 2 aliphatic rings. The lowest BCUT2D eigenvalue weighted by atomic mass is 9.81. The molecule has 0 radical (unpaired) electrons. The van der Waals surface area contributed by atoms with E-state index in [2.05, 4.69) is 17.7 Å². The van der Waals surface area contributed by atoms with Gasteiger partial charge in [-0.3, -0.25) is 5.32 Å². The zero-order valence-corrected chi connectivity index (χ0v) is 17.7. The summed E-state index contributed by atoms with van der Waals surface area (Å²) in [5.74, 6) is 0.330. The summed E-state index contributed by atoms with van der Waals surface area (Å²) >= 11 is 0. The third-order valence-corrected chi connectivity index (χ3v) is 5.91. The number of hydrogen-bond donors (Lipinski definition) is 4. The molecule has 1 saturated heterocycles. The Morgan fingerprint density at radius 1 is 1.13 bits per heavy atom. The minimum Gasteiger partial charge on any atom is -0.508 e. The molecule has 0 aliphatic carbocycles. The van der Waals surface area contributed by atoms with Crippen molar-refractivity contribution < 1.29 is 24.5 Å². The van der Waals surface area contributed by atoms with E-state index in [1.165, 1.54) is 7.11 Å². The third-order valence-electron chi connectivity index (χ3n) is 5.91. The van der Waals surface area contributed by atoms with E-state index < -0.39 is 6.17 Å². The molecule has 4 atom stereocenters. The van der Waals surface area contributed by atoms with E-state index in [9.17, 15) is 15.0 Å². The highest BCUT2D eigenvalue weighted by Gasteiger charge is 2.47. The van der Waals surface area contributed by atoms with Crippen LogP contribution in [0.5, 0.6) is 17.2 Å². The van der Waals surface area contributed by atoms with Crippen molar-refractivity contribution in [2.75, 3.05) is 13.7 Å². The van der Waals surface area contributed by atoms with Crippen LogP contribution in [0.15, 0.2) is 54.2 Å². The maximum atomic E-state index is 12.6. The number of methoxy groups -OCH3 is 1. The smallest absolute Gasteiger partial charge is 0.338 e. The monoisotopic (exact) mass is 425 g/mol. The van der Waals surface area contributed by atoms with Gasteiger partial charge in [0.2, 0.25) is 0 Å². The van der Waals surface area contributed by atoms with Crippen LogP contribution in [-0.4, -0.2) is 41.1 Å². The maximum Gasteiger partial charge on any atom is 0.338 e. The second-order valence-electron chi connectivity index (χ2n) is 7.73. The predicted octanol–water partition coefficient (Wildman–Crippen LogP) is 2.72. The summed E-state index contributed by atoms with van der Waals surface area (Å²) in [5.41, 5.74) is 5.65. The van der Waals surface area contributed by atoms with Gasteiger partial charge in [-0.15, -0.1) is 0 Å². The van der Waals surface area contributed by atoms with Crippen LogP contribution in [0, 0.1) is 5.92 Å². The summed E-state index contributed by atoms with van der Waals surface area (Å²) in [6.45, 7) is 4.19. The van der Waals surface area contributed by atoms with Gasteiger partial charge in [0.15, 0.2) is 11.5 Å². The van der Waals surface area contributed by atoms with Crippen LogP contribution in [-0.2, 0) is 9.53 Å². The summed E-state index contributed by atoms with van der Waals surface area (Å²) in [6.07, 6.45) is 1.26. The molecule has 0 saturated carbocycles. The fourth-order valence-electron chi connectivity index (χ4n) is 4.42. The number of rotatable bonds is 5. The minimum absolute atomic E-state index is 0.0532. The van der Waals surface area contributed by atoms with Gasteiger partial charge in [0, 0.05) is 12.2 Å². The Morgan fingerprint density at radius 3 is 2.52 bits per heavy atom. The van der Waals surface area contributed by atoms with E-state index in [4.69, 9.17) is 9.47 Å². The zero-order valence-electron chi connectivity index (χ0n) is 17.7. The van der Waals surface area contributed by atoms with Gasteiger partial charge in [0.05, 0.1) is 25.3 Å². The maximum absolute atomic E-state index is 12.6. The molecule has 2 aromatic carbocycles. The minimum atomic E-state index is -0.418. The number of aromatic hydroxyl groups is 2.